The molecule has 0 aliphatic carbocycles. The van der Waals surface area contributed by atoms with Crippen LogP contribution in [0.15, 0.2) is 103 Å². The van der Waals surface area contributed by atoms with Crippen LogP contribution in [-0.2, 0) is 31.1 Å². The van der Waals surface area contributed by atoms with E-state index in [1.165, 1.54) is 0 Å². The van der Waals surface area contributed by atoms with Crippen LogP contribution in [0.4, 0.5) is 11.4 Å². The molecule has 11 heteroatoms. The monoisotopic (exact) mass is 651 g/mol. The molecule has 5 rings (SSSR count). The molecule has 0 unspecified atom stereocenters. The third-order valence-electron chi connectivity index (χ3n) is 8.23. The Hall–Kier alpha value is -3.64. The number of hydrogen-bond acceptors (Lipinski definition) is 7. The van der Waals surface area contributed by atoms with Crippen molar-refractivity contribution in [1.29, 1.82) is 0 Å². The van der Waals surface area contributed by atoms with E-state index in [1.54, 1.807) is 12.4 Å². The Morgan fingerprint density at radius 1 is 0.844 bits per heavy atom. The van der Waals surface area contributed by atoms with E-state index in [0.717, 1.165) is 33.9 Å². The molecule has 0 bridgehead atoms. The minimum atomic E-state index is -4.30. The molecule has 2 aliphatic heterocycles. The lowest BCUT2D eigenvalue weighted by molar-refractivity contribution is -0.437. The predicted molar refractivity (Wildman–Crippen MR) is 178 cm³/mol. The smallest absolute Gasteiger partial charge is 0.264 e. The van der Waals surface area contributed by atoms with Gasteiger partial charge in [0.25, 0.3) is 10.1 Å². The Kier molecular flexibility index (Phi) is 10.5. The molecule has 45 heavy (non-hydrogen) atoms. The number of fused-ring (bicyclic) bond motifs is 2. The van der Waals surface area contributed by atoms with Gasteiger partial charge in [0.1, 0.15) is 6.54 Å². The first-order chi connectivity index (χ1) is 21.1. The molecule has 0 atom stereocenters. The summed E-state index contributed by atoms with van der Waals surface area (Å²) in [6.45, 7) is 9.35. The average Bonchev–Trinajstić information content (AvgIpc) is 3.32. The molecule has 0 saturated carbocycles. The van der Waals surface area contributed by atoms with Gasteiger partial charge in [0.2, 0.25) is 5.69 Å². The zero-order valence-electron chi connectivity index (χ0n) is 26.1. The first-order valence-electron chi connectivity index (χ1n) is 14.9. The van der Waals surface area contributed by atoms with E-state index < -0.39 is 26.0 Å². The van der Waals surface area contributed by atoms with E-state index in [0.29, 0.717) is 13.1 Å². The minimum Gasteiger partial charge on any atom is -0.748 e. The van der Waals surface area contributed by atoms with Gasteiger partial charge in [0.05, 0.1) is 21.3 Å². The molecule has 0 fully saturated rings. The lowest BCUT2D eigenvalue weighted by Crippen LogP contribution is -2.29. The molecule has 0 radical (unpaired) electrons. The van der Waals surface area contributed by atoms with Crippen LogP contribution in [0.5, 0.6) is 0 Å². The number of pyridine rings is 1. The minimum absolute atomic E-state index is 0.221. The van der Waals surface area contributed by atoms with Gasteiger partial charge in [-0.25, -0.2) is 8.42 Å². The second kappa shape index (κ2) is 13.8. The highest BCUT2D eigenvalue weighted by molar-refractivity contribution is 7.85. The lowest BCUT2D eigenvalue weighted by Gasteiger charge is -2.27. The number of allylic oxidation sites excluding steroid dienone is 4. The normalized spacial score (nSPS) is 17.7. The number of rotatable bonds is 10. The third kappa shape index (κ3) is 8.35. The summed E-state index contributed by atoms with van der Waals surface area (Å²) in [5.41, 5.74) is 5.60. The van der Waals surface area contributed by atoms with Crippen LogP contribution in [0.1, 0.15) is 51.7 Å². The first-order valence-corrected chi connectivity index (χ1v) is 18.1. The highest BCUT2D eigenvalue weighted by Crippen LogP contribution is 2.47. The van der Waals surface area contributed by atoms with Gasteiger partial charge < -0.3 is 9.45 Å². The Balaban J connectivity index is 0.000000687. The van der Waals surface area contributed by atoms with Gasteiger partial charge in [-0.05, 0) is 50.1 Å². The Morgan fingerprint density at radius 2 is 1.49 bits per heavy atom. The summed E-state index contributed by atoms with van der Waals surface area (Å²) >= 11 is 0. The summed E-state index contributed by atoms with van der Waals surface area (Å²) in [6.07, 6.45) is 10.1. The second-order valence-electron chi connectivity index (χ2n) is 12.2. The highest BCUT2D eigenvalue weighted by Gasteiger charge is 2.44. The largest absolute Gasteiger partial charge is 0.748 e. The van der Waals surface area contributed by atoms with Crippen molar-refractivity contribution in [2.45, 2.75) is 51.4 Å². The van der Waals surface area contributed by atoms with Crippen LogP contribution in [0.2, 0.25) is 0 Å². The van der Waals surface area contributed by atoms with Crippen LogP contribution in [0, 0.1) is 0 Å². The number of nitrogens with zero attached hydrogens (tertiary/aromatic N) is 3. The molecule has 3 aromatic rings. The summed E-state index contributed by atoms with van der Waals surface area (Å²) in [4.78, 5) is 5.90. The molecule has 1 N–H and O–H groups in total. The fourth-order valence-corrected chi connectivity index (χ4v) is 7.09. The lowest BCUT2D eigenvalue weighted by atomic mass is 9.81. The van der Waals surface area contributed by atoms with Gasteiger partial charge in [0.15, 0.2) is 5.71 Å². The quantitative estimate of drug-likeness (QED) is 0.222. The van der Waals surface area contributed by atoms with Gasteiger partial charge in [-0.1, -0.05) is 62.4 Å². The molecule has 0 saturated heterocycles. The molecule has 9 nitrogen and oxygen atoms in total. The molecular weight excluding hydrogens is 611 g/mol. The Morgan fingerprint density at radius 3 is 2.09 bits per heavy atom. The molecule has 240 valence electrons. The van der Waals surface area contributed by atoms with E-state index in [-0.39, 0.29) is 29.4 Å². The topological polar surface area (TPSA) is 131 Å². The fourth-order valence-electron chi connectivity index (χ4n) is 6.11. The predicted octanol–water partition coefficient (Wildman–Crippen LogP) is 5.60. The number of hydrogen-bond donors (Lipinski definition) is 1. The van der Waals surface area contributed by atoms with Crippen molar-refractivity contribution < 1.29 is 30.5 Å². The van der Waals surface area contributed by atoms with Gasteiger partial charge in [-0.15, -0.1) is 0 Å². The van der Waals surface area contributed by atoms with E-state index in [4.69, 9.17) is 0 Å². The summed E-state index contributed by atoms with van der Waals surface area (Å²) in [5, 5.41) is 0. The third-order valence-corrected chi connectivity index (χ3v) is 9.83. The highest BCUT2D eigenvalue weighted by atomic mass is 32.2. The molecule has 3 heterocycles. The summed E-state index contributed by atoms with van der Waals surface area (Å²) in [7, 11) is -8.36. The van der Waals surface area contributed by atoms with Gasteiger partial charge in [-0.3, -0.25) is 9.54 Å². The standard InChI is InChI=1S/C29H36N2O6S2.C5H5N/c1-28(2)22-12-5-7-14-24(22)30(18-10-20-38(32,33)34)26(28)16-9-17-27-29(3,4)23-13-6-8-15-25(23)31(27)19-11-21-39(35,36)37;1-2-4-6-5-3-1/h5-9,12-17H,10-11,18-21H2,1-4H3,(H-,32,33,34,35,36,37);1-5H. The Labute approximate surface area is 267 Å². The molecule has 0 spiro atoms. The fraction of sp³-hybridized carbons (Fsp3) is 0.353. The average molecular weight is 652 g/mol. The van der Waals surface area contributed by atoms with Crippen LogP contribution >= 0.6 is 0 Å². The van der Waals surface area contributed by atoms with E-state index in [2.05, 4.69) is 54.3 Å². The van der Waals surface area contributed by atoms with E-state index in [1.807, 2.05) is 72.8 Å². The maximum absolute atomic E-state index is 11.3. The molecule has 1 aromatic heterocycles. The molecule has 0 amide bonds. The van der Waals surface area contributed by atoms with Gasteiger partial charge >= 0.3 is 0 Å². The van der Waals surface area contributed by atoms with Crippen molar-refractivity contribution in [3.05, 3.63) is 114 Å². The maximum Gasteiger partial charge on any atom is 0.264 e. The van der Waals surface area contributed by atoms with Crippen molar-refractivity contribution in [2.75, 3.05) is 29.5 Å². The number of para-hydroxylation sites is 2. The van der Waals surface area contributed by atoms with Crippen molar-refractivity contribution >= 4 is 37.3 Å². The molecule has 2 aromatic carbocycles. The van der Waals surface area contributed by atoms with Crippen molar-refractivity contribution in [2.24, 2.45) is 0 Å². The zero-order chi connectivity index (χ0) is 32.9. The number of benzene rings is 2. The van der Waals surface area contributed by atoms with Gasteiger partial charge in [-0.2, -0.15) is 13.0 Å². The van der Waals surface area contributed by atoms with Crippen LogP contribution < -0.4 is 4.90 Å². The van der Waals surface area contributed by atoms with E-state index >= 15 is 0 Å². The summed E-state index contributed by atoms with van der Waals surface area (Å²) < 4.78 is 67.7. The summed E-state index contributed by atoms with van der Waals surface area (Å²) in [5.74, 6) is -0.730. The van der Waals surface area contributed by atoms with Crippen LogP contribution in [0.25, 0.3) is 0 Å². The maximum atomic E-state index is 11.3. The number of anilines is 1. The molecular formula is C34H41N3O6S2. The van der Waals surface area contributed by atoms with Crippen molar-refractivity contribution in [1.82, 2.24) is 4.98 Å². The Bertz CT molecular complexity index is 1790. The van der Waals surface area contributed by atoms with E-state index in [9.17, 15) is 25.9 Å². The molecule has 2 aliphatic rings. The SMILES string of the molecule is CC1(C)C(/C=C/C=C2\N(CCCS(=O)(=O)O)c3ccccc3C2(C)C)=[N+](CCCS(=O)(=O)[O-])c2ccccc21.c1ccncc1. The number of aromatic nitrogens is 1. The zero-order valence-corrected chi connectivity index (χ0v) is 27.8. The van der Waals surface area contributed by atoms with Crippen LogP contribution in [0.3, 0.4) is 0 Å². The summed E-state index contributed by atoms with van der Waals surface area (Å²) in [6, 6.07) is 21.8. The second-order valence-corrected chi connectivity index (χ2v) is 15.3. The van der Waals surface area contributed by atoms with Gasteiger partial charge in [0, 0.05) is 65.6 Å². The first kappa shape index (κ1) is 34.2. The van der Waals surface area contributed by atoms with Crippen molar-refractivity contribution in [3.8, 4) is 0 Å². The van der Waals surface area contributed by atoms with Crippen LogP contribution in [-0.4, -0.2) is 65.8 Å². The van der Waals surface area contributed by atoms with Crippen molar-refractivity contribution in [3.63, 3.8) is 0 Å².